The molecule has 0 aliphatic heterocycles. The molecular weight excluding hydrogens is 183 g/mol. The maximum absolute atomic E-state index is 11.7. The fourth-order valence-corrected chi connectivity index (χ4v) is 0.954. The van der Waals surface area contributed by atoms with Gasteiger partial charge in [-0.05, 0) is 13.8 Å². The molecule has 0 saturated carbocycles. The van der Waals surface area contributed by atoms with Gasteiger partial charge in [-0.25, -0.2) is 0 Å². The number of methoxy groups -OCH3 is 1. The molecule has 0 saturated heterocycles. The Morgan fingerprint density at radius 3 is 2.15 bits per heavy atom. The average Bonchev–Trinajstić information content (AvgIpc) is 1.82. The second-order valence-electron chi connectivity index (χ2n) is 3.61. The molecule has 80 valence electrons. The first-order chi connectivity index (χ1) is 5.77. The minimum Gasteiger partial charge on any atom is -0.383 e. The van der Waals surface area contributed by atoms with Crippen molar-refractivity contribution in [3.8, 4) is 0 Å². The normalized spacial score (nSPS) is 13.4. The maximum Gasteiger partial charge on any atom is 0.390 e. The highest BCUT2D eigenvalue weighted by atomic mass is 19.4. The third kappa shape index (κ3) is 8.05. The summed E-state index contributed by atoms with van der Waals surface area (Å²) in [7, 11) is 1.52. The molecule has 0 amide bonds. The highest BCUT2D eigenvalue weighted by Crippen LogP contribution is 2.18. The van der Waals surface area contributed by atoms with Gasteiger partial charge >= 0.3 is 6.18 Å². The third-order valence-electron chi connectivity index (χ3n) is 1.52. The molecule has 0 atom stereocenters. The summed E-state index contributed by atoms with van der Waals surface area (Å²) >= 11 is 0. The smallest absolute Gasteiger partial charge is 0.383 e. The van der Waals surface area contributed by atoms with Gasteiger partial charge in [0.2, 0.25) is 0 Å². The second-order valence-corrected chi connectivity index (χ2v) is 3.61. The fourth-order valence-electron chi connectivity index (χ4n) is 0.954. The first-order valence-corrected chi connectivity index (χ1v) is 4.07. The lowest BCUT2D eigenvalue weighted by molar-refractivity contribution is -0.134. The van der Waals surface area contributed by atoms with Crippen molar-refractivity contribution < 1.29 is 17.9 Å². The zero-order valence-electron chi connectivity index (χ0n) is 8.16. The summed E-state index contributed by atoms with van der Waals surface area (Å²) in [6, 6.07) is 0. The van der Waals surface area contributed by atoms with E-state index in [1.807, 2.05) is 0 Å². The number of halogens is 3. The number of rotatable bonds is 5. The molecule has 0 unspecified atom stereocenters. The van der Waals surface area contributed by atoms with Crippen molar-refractivity contribution in [3.05, 3.63) is 0 Å². The molecule has 5 heteroatoms. The van der Waals surface area contributed by atoms with Gasteiger partial charge in [0.25, 0.3) is 0 Å². The quantitative estimate of drug-likeness (QED) is 0.730. The van der Waals surface area contributed by atoms with Crippen molar-refractivity contribution >= 4 is 0 Å². The Bertz CT molecular complexity index is 145. The molecule has 0 heterocycles. The predicted octanol–water partition coefficient (Wildman–Crippen LogP) is 1.95. The van der Waals surface area contributed by atoms with Gasteiger partial charge in [0, 0.05) is 19.2 Å². The maximum atomic E-state index is 11.7. The largest absolute Gasteiger partial charge is 0.390 e. The molecule has 0 aliphatic rings. The summed E-state index contributed by atoms with van der Waals surface area (Å²) in [6.07, 6.45) is -4.89. The molecule has 0 aromatic carbocycles. The molecule has 2 nitrogen and oxygen atoms in total. The van der Waals surface area contributed by atoms with Gasteiger partial charge in [-0.2, -0.15) is 13.2 Å². The summed E-state index contributed by atoms with van der Waals surface area (Å²) in [5.41, 5.74) is -0.403. The van der Waals surface area contributed by atoms with Gasteiger partial charge < -0.3 is 10.1 Å². The SMILES string of the molecule is COCC(C)(C)NCCC(F)(F)F. The van der Waals surface area contributed by atoms with Crippen molar-refractivity contribution in [1.29, 1.82) is 0 Å². The second kappa shape index (κ2) is 4.81. The minimum absolute atomic E-state index is 0.0696. The number of hydrogen-bond donors (Lipinski definition) is 1. The van der Waals surface area contributed by atoms with Gasteiger partial charge in [-0.1, -0.05) is 0 Å². The van der Waals surface area contributed by atoms with Crippen molar-refractivity contribution in [2.45, 2.75) is 32.0 Å². The molecule has 0 radical (unpaired) electrons. The molecule has 0 bridgehead atoms. The summed E-state index contributed by atoms with van der Waals surface area (Å²) < 4.78 is 40.1. The van der Waals surface area contributed by atoms with Crippen LogP contribution in [0.4, 0.5) is 13.2 Å². The van der Waals surface area contributed by atoms with Crippen LogP contribution in [0.3, 0.4) is 0 Å². The number of hydrogen-bond acceptors (Lipinski definition) is 2. The Morgan fingerprint density at radius 2 is 1.77 bits per heavy atom. The van der Waals surface area contributed by atoms with E-state index in [1.165, 1.54) is 7.11 Å². The molecule has 1 N–H and O–H groups in total. The first kappa shape index (κ1) is 12.7. The van der Waals surface area contributed by atoms with Gasteiger partial charge in [0.05, 0.1) is 13.0 Å². The Balaban J connectivity index is 3.63. The van der Waals surface area contributed by atoms with Crippen LogP contribution in [-0.4, -0.2) is 32.0 Å². The van der Waals surface area contributed by atoms with E-state index < -0.39 is 18.1 Å². The summed E-state index contributed by atoms with van der Waals surface area (Å²) in [4.78, 5) is 0. The lowest BCUT2D eigenvalue weighted by Crippen LogP contribution is -2.44. The van der Waals surface area contributed by atoms with Gasteiger partial charge in [0.1, 0.15) is 0 Å². The van der Waals surface area contributed by atoms with Crippen LogP contribution in [-0.2, 0) is 4.74 Å². The van der Waals surface area contributed by atoms with Crippen LogP contribution in [0.25, 0.3) is 0 Å². The molecule has 0 rings (SSSR count). The van der Waals surface area contributed by atoms with Crippen LogP contribution in [0.15, 0.2) is 0 Å². The third-order valence-corrected chi connectivity index (χ3v) is 1.52. The van der Waals surface area contributed by atoms with Crippen LogP contribution in [0.2, 0.25) is 0 Å². The van der Waals surface area contributed by atoms with Crippen LogP contribution in [0.5, 0.6) is 0 Å². The molecule has 0 aromatic heterocycles. The zero-order valence-corrected chi connectivity index (χ0v) is 8.16. The average molecular weight is 199 g/mol. The van der Waals surface area contributed by atoms with Crippen LogP contribution < -0.4 is 5.32 Å². The lowest BCUT2D eigenvalue weighted by atomic mass is 10.1. The van der Waals surface area contributed by atoms with Crippen LogP contribution >= 0.6 is 0 Å². The number of ether oxygens (including phenoxy) is 1. The molecular formula is C8H16F3NO. The molecule has 0 fully saturated rings. The lowest BCUT2D eigenvalue weighted by Gasteiger charge is -2.25. The van der Waals surface area contributed by atoms with E-state index in [4.69, 9.17) is 4.74 Å². The summed E-state index contributed by atoms with van der Waals surface area (Å²) in [5.74, 6) is 0. The topological polar surface area (TPSA) is 21.3 Å². The molecule has 0 aliphatic carbocycles. The van der Waals surface area contributed by atoms with Crippen molar-refractivity contribution in [3.63, 3.8) is 0 Å². The summed E-state index contributed by atoms with van der Waals surface area (Å²) in [6.45, 7) is 3.92. The van der Waals surface area contributed by atoms with E-state index >= 15 is 0 Å². The van der Waals surface area contributed by atoms with Crippen LogP contribution in [0, 0.1) is 0 Å². The van der Waals surface area contributed by atoms with E-state index in [0.29, 0.717) is 6.61 Å². The Morgan fingerprint density at radius 1 is 1.23 bits per heavy atom. The van der Waals surface area contributed by atoms with Crippen molar-refractivity contribution in [2.24, 2.45) is 0 Å². The van der Waals surface area contributed by atoms with E-state index in [2.05, 4.69) is 5.32 Å². The highest BCUT2D eigenvalue weighted by molar-refractivity contribution is 4.76. The van der Waals surface area contributed by atoms with E-state index in [-0.39, 0.29) is 6.54 Å². The molecule has 0 spiro atoms. The van der Waals surface area contributed by atoms with Gasteiger partial charge in [-0.15, -0.1) is 0 Å². The molecule has 0 aromatic rings. The van der Waals surface area contributed by atoms with E-state index in [9.17, 15) is 13.2 Å². The number of nitrogens with one attached hydrogen (secondary N) is 1. The zero-order chi connectivity index (χ0) is 10.5. The predicted molar refractivity (Wildman–Crippen MR) is 44.6 cm³/mol. The van der Waals surface area contributed by atoms with E-state index in [1.54, 1.807) is 13.8 Å². The Labute approximate surface area is 76.5 Å². The van der Waals surface area contributed by atoms with Crippen molar-refractivity contribution in [2.75, 3.05) is 20.3 Å². The Kier molecular flexibility index (Phi) is 4.70. The molecule has 13 heavy (non-hydrogen) atoms. The van der Waals surface area contributed by atoms with Crippen LogP contribution in [0.1, 0.15) is 20.3 Å². The fraction of sp³-hybridized carbons (Fsp3) is 1.00. The van der Waals surface area contributed by atoms with Gasteiger partial charge in [-0.3, -0.25) is 0 Å². The van der Waals surface area contributed by atoms with Crippen molar-refractivity contribution in [1.82, 2.24) is 5.32 Å². The highest BCUT2D eigenvalue weighted by Gasteiger charge is 2.27. The summed E-state index contributed by atoms with van der Waals surface area (Å²) in [5, 5.41) is 2.77. The minimum atomic E-state index is -4.09. The standard InChI is InChI=1S/C8H16F3NO/c1-7(2,6-13-3)12-5-4-8(9,10)11/h12H,4-6H2,1-3H3. The number of alkyl halides is 3. The van der Waals surface area contributed by atoms with Gasteiger partial charge in [0.15, 0.2) is 0 Å². The monoisotopic (exact) mass is 199 g/mol. The Hall–Kier alpha value is -0.290. The van der Waals surface area contributed by atoms with E-state index in [0.717, 1.165) is 0 Å². The first-order valence-electron chi connectivity index (χ1n) is 4.07.